The van der Waals surface area contributed by atoms with Gasteiger partial charge in [-0.15, -0.1) is 0 Å². The molecular formula is C15H20N2O. The van der Waals surface area contributed by atoms with Gasteiger partial charge in [0.2, 0.25) is 5.91 Å². The Bertz CT molecular complexity index is 414. The molecule has 2 atom stereocenters. The summed E-state index contributed by atoms with van der Waals surface area (Å²) in [6, 6.07) is 9.82. The van der Waals surface area contributed by atoms with Crippen molar-refractivity contribution < 1.29 is 4.79 Å². The van der Waals surface area contributed by atoms with Crippen LogP contribution >= 0.6 is 0 Å². The molecule has 3 heteroatoms. The quantitative estimate of drug-likeness (QED) is 0.798. The van der Waals surface area contributed by atoms with E-state index in [9.17, 15) is 4.79 Å². The topological polar surface area (TPSA) is 55.1 Å². The van der Waals surface area contributed by atoms with Gasteiger partial charge in [-0.1, -0.05) is 42.5 Å². The van der Waals surface area contributed by atoms with E-state index in [1.54, 1.807) is 0 Å². The first kappa shape index (κ1) is 12.8. The van der Waals surface area contributed by atoms with E-state index in [2.05, 4.69) is 17.5 Å². The zero-order valence-corrected chi connectivity index (χ0v) is 10.5. The van der Waals surface area contributed by atoms with E-state index in [-0.39, 0.29) is 18.0 Å². The maximum atomic E-state index is 11.9. The summed E-state index contributed by atoms with van der Waals surface area (Å²) in [5, 5.41) is 3.05. The second-order valence-electron chi connectivity index (χ2n) is 4.77. The highest BCUT2D eigenvalue weighted by atomic mass is 16.1. The maximum absolute atomic E-state index is 11.9. The fraction of sp³-hybridized carbons (Fsp3) is 0.400. The number of carbonyl (C=O) groups is 1. The van der Waals surface area contributed by atoms with E-state index < -0.39 is 0 Å². The number of hydrogen-bond acceptors (Lipinski definition) is 2. The number of nitrogens with two attached hydrogens (primary N) is 1. The molecule has 1 aromatic rings. The predicted octanol–water partition coefficient (Wildman–Crippen LogP) is 2.30. The molecule has 0 aliphatic heterocycles. The van der Waals surface area contributed by atoms with E-state index in [0.29, 0.717) is 6.42 Å². The highest BCUT2D eigenvalue weighted by Gasteiger charge is 2.16. The summed E-state index contributed by atoms with van der Waals surface area (Å²) in [5.74, 6) is 0.0478. The Balaban J connectivity index is 1.82. The molecule has 0 aromatic heterocycles. The van der Waals surface area contributed by atoms with Crippen molar-refractivity contribution in [1.82, 2.24) is 5.32 Å². The lowest BCUT2D eigenvalue weighted by atomic mass is 10.0. The lowest BCUT2D eigenvalue weighted by Crippen LogP contribution is -2.36. The monoisotopic (exact) mass is 244 g/mol. The van der Waals surface area contributed by atoms with Crippen molar-refractivity contribution in [2.45, 2.75) is 37.8 Å². The molecule has 3 N–H and O–H groups in total. The lowest BCUT2D eigenvalue weighted by Gasteiger charge is -2.20. The Morgan fingerprint density at radius 2 is 2.11 bits per heavy atom. The van der Waals surface area contributed by atoms with Crippen LogP contribution in [0, 0.1) is 0 Å². The normalized spacial score (nSPS) is 20.4. The Kier molecular flexibility index (Phi) is 4.53. The first-order valence-corrected chi connectivity index (χ1v) is 6.50. The molecule has 3 nitrogen and oxygen atoms in total. The summed E-state index contributed by atoms with van der Waals surface area (Å²) in [6.07, 6.45) is 7.67. The van der Waals surface area contributed by atoms with Gasteiger partial charge in [-0.2, -0.15) is 0 Å². The molecule has 2 rings (SSSR count). The third kappa shape index (κ3) is 3.70. The number of hydrogen-bond donors (Lipinski definition) is 2. The molecule has 0 fully saturated rings. The van der Waals surface area contributed by atoms with Crippen molar-refractivity contribution in [3.8, 4) is 0 Å². The van der Waals surface area contributed by atoms with Gasteiger partial charge in [0.1, 0.15) is 0 Å². The lowest BCUT2D eigenvalue weighted by molar-refractivity contribution is -0.122. The van der Waals surface area contributed by atoms with Crippen LogP contribution in [0.5, 0.6) is 0 Å². The Labute approximate surface area is 108 Å². The first-order chi connectivity index (χ1) is 8.75. The summed E-state index contributed by atoms with van der Waals surface area (Å²) in [6.45, 7) is 0. The summed E-state index contributed by atoms with van der Waals surface area (Å²) in [7, 11) is 0. The minimum absolute atomic E-state index is 0.0478. The van der Waals surface area contributed by atoms with Gasteiger partial charge >= 0.3 is 0 Å². The van der Waals surface area contributed by atoms with Crippen molar-refractivity contribution in [1.29, 1.82) is 0 Å². The number of benzene rings is 1. The second-order valence-corrected chi connectivity index (χ2v) is 4.77. The van der Waals surface area contributed by atoms with Crippen molar-refractivity contribution >= 4 is 5.91 Å². The Morgan fingerprint density at radius 3 is 2.78 bits per heavy atom. The molecule has 18 heavy (non-hydrogen) atoms. The highest BCUT2D eigenvalue weighted by Crippen LogP contribution is 2.15. The van der Waals surface area contributed by atoms with Gasteiger partial charge in [-0.05, 0) is 24.8 Å². The zero-order chi connectivity index (χ0) is 12.8. The molecule has 1 amide bonds. The summed E-state index contributed by atoms with van der Waals surface area (Å²) >= 11 is 0. The van der Waals surface area contributed by atoms with E-state index in [4.69, 9.17) is 5.73 Å². The van der Waals surface area contributed by atoms with Crippen LogP contribution in [0.1, 0.15) is 37.3 Å². The number of allylic oxidation sites excluding steroid dienone is 1. The number of amides is 1. The number of rotatable bonds is 4. The van der Waals surface area contributed by atoms with Crippen LogP contribution in [0.3, 0.4) is 0 Å². The fourth-order valence-electron chi connectivity index (χ4n) is 2.23. The summed E-state index contributed by atoms with van der Waals surface area (Å²) in [5.41, 5.74) is 7.04. The molecule has 0 radical (unpaired) electrons. The van der Waals surface area contributed by atoms with Crippen molar-refractivity contribution in [3.05, 3.63) is 48.0 Å². The van der Waals surface area contributed by atoms with E-state index in [1.807, 2.05) is 30.3 Å². The fourth-order valence-corrected chi connectivity index (χ4v) is 2.23. The van der Waals surface area contributed by atoms with Gasteiger partial charge in [0.05, 0.1) is 0 Å². The molecular weight excluding hydrogens is 224 g/mol. The average Bonchev–Trinajstić information content (AvgIpc) is 2.40. The van der Waals surface area contributed by atoms with Crippen LogP contribution in [0.2, 0.25) is 0 Å². The van der Waals surface area contributed by atoms with Crippen LogP contribution in [0.15, 0.2) is 42.5 Å². The molecule has 0 heterocycles. The zero-order valence-electron chi connectivity index (χ0n) is 10.5. The smallest absolute Gasteiger partial charge is 0.222 e. The summed E-state index contributed by atoms with van der Waals surface area (Å²) in [4.78, 5) is 11.9. The third-order valence-corrected chi connectivity index (χ3v) is 3.27. The van der Waals surface area contributed by atoms with Crippen LogP contribution in [-0.2, 0) is 4.79 Å². The largest absolute Gasteiger partial charge is 0.353 e. The molecule has 1 aliphatic rings. The highest BCUT2D eigenvalue weighted by molar-refractivity contribution is 5.77. The van der Waals surface area contributed by atoms with Gasteiger partial charge in [0.15, 0.2) is 0 Å². The molecule has 2 unspecified atom stereocenters. The Morgan fingerprint density at radius 1 is 1.33 bits per heavy atom. The van der Waals surface area contributed by atoms with Crippen molar-refractivity contribution in [2.75, 3.05) is 0 Å². The molecule has 0 saturated carbocycles. The van der Waals surface area contributed by atoms with Crippen LogP contribution in [0.25, 0.3) is 0 Å². The number of nitrogens with one attached hydrogen (secondary N) is 1. The van der Waals surface area contributed by atoms with Crippen LogP contribution < -0.4 is 11.1 Å². The molecule has 1 aromatic carbocycles. The maximum Gasteiger partial charge on any atom is 0.222 e. The molecule has 0 spiro atoms. The van der Waals surface area contributed by atoms with Gasteiger partial charge < -0.3 is 11.1 Å². The van der Waals surface area contributed by atoms with E-state index in [1.165, 1.54) is 0 Å². The molecule has 1 aliphatic carbocycles. The van der Waals surface area contributed by atoms with Crippen molar-refractivity contribution in [2.24, 2.45) is 5.73 Å². The Hall–Kier alpha value is -1.61. The van der Waals surface area contributed by atoms with E-state index in [0.717, 1.165) is 24.8 Å². The van der Waals surface area contributed by atoms with E-state index >= 15 is 0 Å². The number of carbonyl (C=O) groups excluding carboxylic acids is 1. The average molecular weight is 244 g/mol. The standard InChI is InChI=1S/C15H20N2O/c16-14(12-7-3-1-4-8-12)11-15(18)17-13-9-5-2-6-10-13/h1-5,7-8,13-14H,6,9-11,16H2,(H,17,18). The van der Waals surface area contributed by atoms with Gasteiger partial charge in [0, 0.05) is 18.5 Å². The molecule has 96 valence electrons. The minimum Gasteiger partial charge on any atom is -0.353 e. The SMILES string of the molecule is NC(CC(=O)NC1CC=CCC1)c1ccccc1. The first-order valence-electron chi connectivity index (χ1n) is 6.50. The van der Waals surface area contributed by atoms with Crippen molar-refractivity contribution in [3.63, 3.8) is 0 Å². The van der Waals surface area contributed by atoms with Gasteiger partial charge in [-0.25, -0.2) is 0 Å². The minimum atomic E-state index is -0.217. The third-order valence-electron chi connectivity index (χ3n) is 3.27. The second kappa shape index (κ2) is 6.36. The van der Waals surface area contributed by atoms with Crippen LogP contribution in [-0.4, -0.2) is 11.9 Å². The van der Waals surface area contributed by atoms with Gasteiger partial charge in [-0.3, -0.25) is 4.79 Å². The van der Waals surface area contributed by atoms with Gasteiger partial charge in [0.25, 0.3) is 0 Å². The van der Waals surface area contributed by atoms with Crippen LogP contribution in [0.4, 0.5) is 0 Å². The predicted molar refractivity (Wildman–Crippen MR) is 72.9 cm³/mol. The molecule has 0 bridgehead atoms. The molecule has 0 saturated heterocycles. The summed E-state index contributed by atoms with van der Waals surface area (Å²) < 4.78 is 0.